The molecule has 0 amide bonds. The maximum atomic E-state index is 12.9. The van der Waals surface area contributed by atoms with Gasteiger partial charge in [0.25, 0.3) is 0 Å². The maximum absolute atomic E-state index is 12.9. The fourth-order valence-corrected chi connectivity index (χ4v) is 6.18. The lowest BCUT2D eigenvalue weighted by Crippen LogP contribution is -2.34. The number of phenols is 1. The van der Waals surface area contributed by atoms with Crippen LogP contribution in [-0.2, 0) is 31.5 Å². The lowest BCUT2D eigenvalue weighted by molar-refractivity contribution is -0.145. The molecule has 1 aliphatic heterocycles. The van der Waals surface area contributed by atoms with Gasteiger partial charge in [0.15, 0.2) is 0 Å². The third-order valence-corrected chi connectivity index (χ3v) is 9.51. The summed E-state index contributed by atoms with van der Waals surface area (Å²) < 4.78 is 11.8. The molecule has 0 saturated carbocycles. The molecule has 0 radical (unpaired) electrons. The molecular weight excluding hydrogens is 570 g/mol. The number of hydrogen-bond acceptors (Lipinski definition) is 5. The summed E-state index contributed by atoms with van der Waals surface area (Å²) in [5.41, 5.74) is 2.86. The van der Waals surface area contributed by atoms with Gasteiger partial charge in [0.05, 0.1) is 0 Å². The van der Waals surface area contributed by atoms with E-state index in [1.807, 2.05) is 12.1 Å². The third-order valence-electron chi connectivity index (χ3n) is 9.51. The molecule has 0 fully saturated rings. The number of carbonyl (C=O) groups is 1. The molecular formula is C41H69NO4. The molecule has 0 bridgehead atoms. The first kappa shape index (κ1) is 39.9. The first-order chi connectivity index (χ1) is 21.7. The highest BCUT2D eigenvalue weighted by Crippen LogP contribution is 2.40. The van der Waals surface area contributed by atoms with Crippen molar-refractivity contribution in [3.05, 3.63) is 41.0 Å². The zero-order valence-electron chi connectivity index (χ0n) is 31.1. The van der Waals surface area contributed by atoms with Crippen LogP contribution in [0.2, 0.25) is 0 Å². The van der Waals surface area contributed by atoms with E-state index < -0.39 is 5.54 Å². The number of phenolic OH excluding ortho intramolecular Hbond substituents is 1. The van der Waals surface area contributed by atoms with Gasteiger partial charge in [-0.25, -0.2) is 4.99 Å². The molecule has 0 spiro atoms. The number of ether oxygens (including phenoxy) is 2. The van der Waals surface area contributed by atoms with E-state index in [2.05, 4.69) is 62.0 Å². The Hall–Kier alpha value is -2.30. The average molecular weight is 640 g/mol. The summed E-state index contributed by atoms with van der Waals surface area (Å²) in [6, 6.07) is 4.08. The SMILES string of the molecule is C=C(CCCCCCCCCCCCCCCC)C1=NC(CC)(COC(=O)CCc2cc(C(C)(C)C)c(O)c(C(C)(C)C)c2)CO1. The number of aromatic hydroxyl groups is 1. The fraction of sp³-hybridized carbons (Fsp3) is 0.756. The lowest BCUT2D eigenvalue weighted by Gasteiger charge is -2.28. The highest BCUT2D eigenvalue weighted by atomic mass is 16.5. The molecule has 262 valence electrons. The summed E-state index contributed by atoms with van der Waals surface area (Å²) in [4.78, 5) is 17.7. The van der Waals surface area contributed by atoms with Crippen molar-refractivity contribution in [3.8, 4) is 5.75 Å². The summed E-state index contributed by atoms with van der Waals surface area (Å²) in [7, 11) is 0. The molecule has 0 aliphatic carbocycles. The Morgan fingerprint density at radius 1 is 0.826 bits per heavy atom. The molecule has 5 nitrogen and oxygen atoms in total. The summed E-state index contributed by atoms with van der Waals surface area (Å²) in [5.74, 6) is 0.763. The van der Waals surface area contributed by atoms with E-state index in [0.29, 0.717) is 24.7 Å². The van der Waals surface area contributed by atoms with Crippen molar-refractivity contribution in [2.24, 2.45) is 4.99 Å². The highest BCUT2D eigenvalue weighted by Gasteiger charge is 2.37. The van der Waals surface area contributed by atoms with Gasteiger partial charge in [-0.15, -0.1) is 0 Å². The second-order valence-electron chi connectivity index (χ2n) is 15.9. The molecule has 1 aliphatic rings. The van der Waals surface area contributed by atoms with Crippen LogP contribution in [0.4, 0.5) is 0 Å². The monoisotopic (exact) mass is 640 g/mol. The predicted molar refractivity (Wildman–Crippen MR) is 195 cm³/mol. The summed E-state index contributed by atoms with van der Waals surface area (Å²) in [6.45, 7) is 21.9. The predicted octanol–water partition coefficient (Wildman–Crippen LogP) is 11.5. The summed E-state index contributed by atoms with van der Waals surface area (Å²) in [5, 5.41) is 11.0. The van der Waals surface area contributed by atoms with Gasteiger partial charge in [-0.2, -0.15) is 0 Å². The third kappa shape index (κ3) is 13.8. The number of unbranched alkanes of at least 4 members (excludes halogenated alkanes) is 13. The number of aryl methyl sites for hydroxylation is 1. The second kappa shape index (κ2) is 19.5. The number of hydrogen-bond donors (Lipinski definition) is 1. The van der Waals surface area contributed by atoms with Gasteiger partial charge in [0.1, 0.15) is 24.5 Å². The quantitative estimate of drug-likeness (QED) is 0.101. The normalized spacial score (nSPS) is 16.7. The number of rotatable bonds is 22. The van der Waals surface area contributed by atoms with Gasteiger partial charge in [-0.3, -0.25) is 4.79 Å². The molecule has 1 unspecified atom stereocenters. The van der Waals surface area contributed by atoms with Gasteiger partial charge < -0.3 is 14.6 Å². The number of aliphatic imine (C=N–C) groups is 1. The maximum Gasteiger partial charge on any atom is 0.306 e. The number of carbonyl (C=O) groups excluding carboxylic acids is 1. The molecule has 1 aromatic carbocycles. The van der Waals surface area contributed by atoms with E-state index >= 15 is 0 Å². The van der Waals surface area contributed by atoms with Crippen molar-refractivity contribution in [2.45, 2.75) is 187 Å². The molecule has 1 heterocycles. The van der Waals surface area contributed by atoms with Crippen LogP contribution < -0.4 is 0 Å². The number of benzene rings is 1. The second-order valence-corrected chi connectivity index (χ2v) is 15.9. The minimum absolute atomic E-state index is 0.206. The van der Waals surface area contributed by atoms with Crippen LogP contribution in [0.3, 0.4) is 0 Å². The van der Waals surface area contributed by atoms with Gasteiger partial charge in [-0.1, -0.05) is 158 Å². The van der Waals surface area contributed by atoms with Crippen LogP contribution in [0, 0.1) is 0 Å². The van der Waals surface area contributed by atoms with E-state index in [1.54, 1.807) is 0 Å². The Morgan fingerprint density at radius 3 is 1.76 bits per heavy atom. The molecule has 0 aromatic heterocycles. The van der Waals surface area contributed by atoms with Gasteiger partial charge in [0, 0.05) is 12.0 Å². The molecule has 5 heteroatoms. The standard InChI is InChI=1S/C41H69NO4/c1-10-12-13-14-15-16-17-18-19-20-21-22-23-24-25-32(3)38-42-41(11-2,31-46-38)30-45-36(43)27-26-33-28-34(39(4,5)6)37(44)35(29-33)40(7,8)9/h28-29,44H,3,10-27,30-31H2,1-2,4-9H3. The fourth-order valence-electron chi connectivity index (χ4n) is 6.18. The average Bonchev–Trinajstić information content (AvgIpc) is 3.43. The first-order valence-electron chi connectivity index (χ1n) is 18.7. The highest BCUT2D eigenvalue weighted by molar-refractivity contribution is 5.94. The van der Waals surface area contributed by atoms with E-state index in [4.69, 9.17) is 14.5 Å². The van der Waals surface area contributed by atoms with Crippen LogP contribution in [0.15, 0.2) is 29.3 Å². The van der Waals surface area contributed by atoms with Crippen LogP contribution in [0.1, 0.15) is 181 Å². The first-order valence-corrected chi connectivity index (χ1v) is 18.7. The van der Waals surface area contributed by atoms with E-state index in [1.165, 1.54) is 83.5 Å². The van der Waals surface area contributed by atoms with Crippen molar-refractivity contribution in [1.29, 1.82) is 0 Å². The van der Waals surface area contributed by atoms with Crippen molar-refractivity contribution in [1.82, 2.24) is 0 Å². The van der Waals surface area contributed by atoms with Gasteiger partial charge >= 0.3 is 5.97 Å². The molecule has 46 heavy (non-hydrogen) atoms. The van der Waals surface area contributed by atoms with Gasteiger partial charge in [0.2, 0.25) is 5.90 Å². The Kier molecular flexibility index (Phi) is 16.9. The number of nitrogens with zero attached hydrogens (tertiary/aromatic N) is 1. The van der Waals surface area contributed by atoms with Crippen LogP contribution in [0.5, 0.6) is 5.75 Å². The Balaban J connectivity index is 1.72. The van der Waals surface area contributed by atoms with E-state index in [9.17, 15) is 9.90 Å². The number of esters is 1. The van der Waals surface area contributed by atoms with Crippen molar-refractivity contribution < 1.29 is 19.4 Å². The van der Waals surface area contributed by atoms with Crippen molar-refractivity contribution in [2.75, 3.05) is 13.2 Å². The van der Waals surface area contributed by atoms with Crippen molar-refractivity contribution in [3.63, 3.8) is 0 Å². The van der Waals surface area contributed by atoms with Gasteiger partial charge in [-0.05, 0) is 53.2 Å². The lowest BCUT2D eigenvalue weighted by atomic mass is 9.78. The van der Waals surface area contributed by atoms with Crippen molar-refractivity contribution >= 4 is 11.9 Å². The Labute approximate surface area is 283 Å². The Bertz CT molecular complexity index is 1070. The minimum Gasteiger partial charge on any atom is -0.507 e. The smallest absolute Gasteiger partial charge is 0.306 e. The van der Waals surface area contributed by atoms with Crippen LogP contribution >= 0.6 is 0 Å². The molecule has 2 rings (SSSR count). The summed E-state index contributed by atoms with van der Waals surface area (Å²) in [6.07, 6.45) is 21.3. The molecule has 1 N–H and O–H groups in total. The van der Waals surface area contributed by atoms with E-state index in [-0.39, 0.29) is 29.8 Å². The summed E-state index contributed by atoms with van der Waals surface area (Å²) >= 11 is 0. The zero-order chi connectivity index (χ0) is 34.2. The minimum atomic E-state index is -0.541. The molecule has 1 atom stereocenters. The van der Waals surface area contributed by atoms with Crippen LogP contribution in [0.25, 0.3) is 0 Å². The topological polar surface area (TPSA) is 68.1 Å². The largest absolute Gasteiger partial charge is 0.507 e. The zero-order valence-corrected chi connectivity index (χ0v) is 31.1. The van der Waals surface area contributed by atoms with E-state index in [0.717, 1.165) is 41.5 Å². The molecule has 1 aromatic rings. The Morgan fingerprint density at radius 2 is 1.30 bits per heavy atom. The van der Waals surface area contributed by atoms with Crippen LogP contribution in [-0.4, -0.2) is 35.7 Å². The molecule has 0 saturated heterocycles.